The fraction of sp³-hybridized carbons (Fsp3) is 0.0500. The first-order chi connectivity index (χ1) is 14.0. The van der Waals surface area contributed by atoms with E-state index in [0.717, 1.165) is 17.0 Å². The standard InChI is InChI=1S/C20H11F2N5O2/c1-26-19(28)12-9-24-18-16(15(12)20(26)29)17(10-4-6-23-7-5-10)25-27(18)14-3-2-11(21)8-13(14)22/h2-9H,1H3. The molecule has 2 amide bonds. The number of benzene rings is 1. The van der Waals surface area contributed by atoms with Gasteiger partial charge in [0.05, 0.1) is 16.5 Å². The molecule has 0 radical (unpaired) electrons. The number of rotatable bonds is 2. The lowest BCUT2D eigenvalue weighted by Crippen LogP contribution is -2.24. The Kier molecular flexibility index (Phi) is 3.54. The smallest absolute Gasteiger partial charge is 0.262 e. The molecular weight excluding hydrogens is 380 g/mol. The highest BCUT2D eigenvalue weighted by Crippen LogP contribution is 2.36. The quantitative estimate of drug-likeness (QED) is 0.491. The predicted octanol–water partition coefficient (Wildman–Crippen LogP) is 2.99. The Morgan fingerprint density at radius 3 is 2.48 bits per heavy atom. The molecule has 29 heavy (non-hydrogen) atoms. The van der Waals surface area contributed by atoms with Crippen molar-refractivity contribution in [2.24, 2.45) is 0 Å². The number of carbonyl (C=O) groups is 2. The average molecular weight is 391 g/mol. The molecule has 1 aliphatic heterocycles. The minimum atomic E-state index is -0.836. The van der Waals surface area contributed by atoms with Gasteiger partial charge in [-0.15, -0.1) is 0 Å². The first kappa shape index (κ1) is 17.1. The summed E-state index contributed by atoms with van der Waals surface area (Å²) in [7, 11) is 1.38. The van der Waals surface area contributed by atoms with Crippen molar-refractivity contribution in [2.75, 3.05) is 7.05 Å². The van der Waals surface area contributed by atoms with Gasteiger partial charge in [0.25, 0.3) is 11.8 Å². The van der Waals surface area contributed by atoms with Crippen molar-refractivity contribution in [3.63, 3.8) is 0 Å². The van der Waals surface area contributed by atoms with Gasteiger partial charge in [0.2, 0.25) is 0 Å². The van der Waals surface area contributed by atoms with Gasteiger partial charge < -0.3 is 0 Å². The first-order valence-corrected chi connectivity index (χ1v) is 8.57. The van der Waals surface area contributed by atoms with Crippen LogP contribution in [-0.2, 0) is 0 Å². The summed E-state index contributed by atoms with van der Waals surface area (Å²) in [6, 6.07) is 6.44. The van der Waals surface area contributed by atoms with Gasteiger partial charge in [-0.25, -0.2) is 18.4 Å². The Morgan fingerprint density at radius 2 is 1.76 bits per heavy atom. The molecule has 0 saturated heterocycles. The lowest BCUT2D eigenvalue weighted by atomic mass is 10.0. The van der Waals surface area contributed by atoms with Crippen LogP contribution in [0.15, 0.2) is 48.9 Å². The van der Waals surface area contributed by atoms with Crippen LogP contribution in [0.4, 0.5) is 8.78 Å². The lowest BCUT2D eigenvalue weighted by molar-refractivity contribution is 0.0693. The minimum absolute atomic E-state index is 0.0331. The maximum atomic E-state index is 14.5. The van der Waals surface area contributed by atoms with Gasteiger partial charge >= 0.3 is 0 Å². The van der Waals surface area contributed by atoms with Crippen molar-refractivity contribution in [3.8, 4) is 16.9 Å². The topological polar surface area (TPSA) is 81.0 Å². The number of nitrogens with zero attached hydrogens (tertiary/aromatic N) is 5. The van der Waals surface area contributed by atoms with Crippen LogP contribution < -0.4 is 0 Å². The van der Waals surface area contributed by atoms with Gasteiger partial charge in [0.15, 0.2) is 11.5 Å². The third-order valence-corrected chi connectivity index (χ3v) is 4.84. The summed E-state index contributed by atoms with van der Waals surface area (Å²) in [6.07, 6.45) is 4.38. The van der Waals surface area contributed by atoms with Crippen LogP contribution >= 0.6 is 0 Å². The van der Waals surface area contributed by atoms with E-state index in [1.54, 1.807) is 24.5 Å². The van der Waals surface area contributed by atoms with Gasteiger partial charge in [-0.1, -0.05) is 0 Å². The fourth-order valence-corrected chi connectivity index (χ4v) is 3.44. The number of hydrogen-bond donors (Lipinski definition) is 0. The molecule has 7 nitrogen and oxygen atoms in total. The largest absolute Gasteiger partial charge is 0.277 e. The van der Waals surface area contributed by atoms with Crippen molar-refractivity contribution < 1.29 is 18.4 Å². The summed E-state index contributed by atoms with van der Waals surface area (Å²) >= 11 is 0. The molecule has 0 spiro atoms. The summed E-state index contributed by atoms with van der Waals surface area (Å²) in [5.74, 6) is -2.53. The number of fused-ring (bicyclic) bond motifs is 3. The van der Waals surface area contributed by atoms with Gasteiger partial charge in [-0.05, 0) is 24.3 Å². The molecule has 4 heterocycles. The van der Waals surface area contributed by atoms with E-state index in [-0.39, 0.29) is 22.5 Å². The lowest BCUT2D eigenvalue weighted by Gasteiger charge is -2.04. The second-order valence-corrected chi connectivity index (χ2v) is 6.51. The Morgan fingerprint density at radius 1 is 1.00 bits per heavy atom. The molecule has 9 heteroatoms. The van der Waals surface area contributed by atoms with Crippen molar-refractivity contribution >= 4 is 22.8 Å². The van der Waals surface area contributed by atoms with Crippen LogP contribution in [0, 0.1) is 11.6 Å². The maximum Gasteiger partial charge on any atom is 0.262 e. The number of aromatic nitrogens is 4. The molecule has 1 aliphatic rings. The molecule has 0 unspecified atom stereocenters. The van der Waals surface area contributed by atoms with Crippen LogP contribution in [0.1, 0.15) is 20.7 Å². The van der Waals surface area contributed by atoms with Crippen LogP contribution in [0.2, 0.25) is 0 Å². The van der Waals surface area contributed by atoms with E-state index in [4.69, 9.17) is 0 Å². The van der Waals surface area contributed by atoms with Crippen LogP contribution in [0.3, 0.4) is 0 Å². The van der Waals surface area contributed by atoms with Gasteiger partial charge in [-0.2, -0.15) is 5.10 Å². The van der Waals surface area contributed by atoms with Crippen molar-refractivity contribution in [1.82, 2.24) is 24.6 Å². The van der Waals surface area contributed by atoms with E-state index in [0.29, 0.717) is 16.6 Å². The highest BCUT2D eigenvalue weighted by Gasteiger charge is 2.37. The Balaban J connectivity index is 1.91. The van der Waals surface area contributed by atoms with Crippen molar-refractivity contribution in [3.05, 3.63) is 71.7 Å². The third-order valence-electron chi connectivity index (χ3n) is 4.84. The highest BCUT2D eigenvalue weighted by atomic mass is 19.1. The van der Waals surface area contributed by atoms with Crippen LogP contribution in [0.25, 0.3) is 28.0 Å². The first-order valence-electron chi connectivity index (χ1n) is 8.57. The number of carbonyl (C=O) groups excluding carboxylic acids is 2. The zero-order valence-corrected chi connectivity index (χ0v) is 14.9. The van der Waals surface area contributed by atoms with Gasteiger partial charge in [0, 0.05) is 37.3 Å². The van der Waals surface area contributed by atoms with E-state index in [2.05, 4.69) is 15.1 Å². The average Bonchev–Trinajstić information content (AvgIpc) is 3.20. The van der Waals surface area contributed by atoms with Crippen LogP contribution in [0.5, 0.6) is 0 Å². The van der Waals surface area contributed by atoms with E-state index < -0.39 is 23.4 Å². The summed E-state index contributed by atoms with van der Waals surface area (Å²) in [5.41, 5.74) is 1.40. The summed E-state index contributed by atoms with van der Waals surface area (Å²) in [6.45, 7) is 0. The zero-order valence-electron chi connectivity index (χ0n) is 14.9. The number of imide groups is 1. The van der Waals surface area contributed by atoms with Gasteiger partial charge in [-0.3, -0.25) is 19.5 Å². The summed E-state index contributed by atoms with van der Waals surface area (Å²) in [5, 5.41) is 4.78. The van der Waals surface area contributed by atoms with Crippen molar-refractivity contribution in [1.29, 1.82) is 0 Å². The summed E-state index contributed by atoms with van der Waals surface area (Å²) in [4.78, 5) is 34.4. The molecule has 142 valence electrons. The normalized spacial score (nSPS) is 13.4. The molecule has 0 bridgehead atoms. The Labute approximate surface area is 162 Å². The molecular formula is C20H11F2N5O2. The maximum absolute atomic E-state index is 14.5. The summed E-state index contributed by atoms with van der Waals surface area (Å²) < 4.78 is 29.1. The van der Waals surface area contributed by atoms with E-state index in [1.807, 2.05) is 0 Å². The van der Waals surface area contributed by atoms with Crippen molar-refractivity contribution in [2.45, 2.75) is 0 Å². The second kappa shape index (κ2) is 5.99. The van der Waals surface area contributed by atoms with E-state index in [1.165, 1.54) is 24.0 Å². The molecule has 3 aromatic heterocycles. The van der Waals surface area contributed by atoms with Crippen LogP contribution in [-0.4, -0.2) is 43.5 Å². The minimum Gasteiger partial charge on any atom is -0.277 e. The molecule has 0 aliphatic carbocycles. The molecule has 5 rings (SSSR count). The Hall–Kier alpha value is -4.01. The number of pyridine rings is 2. The number of hydrogen-bond acceptors (Lipinski definition) is 5. The SMILES string of the molecule is CN1C(=O)c2cnc3c(c(-c4ccncc4)nn3-c3ccc(F)cc3F)c2C1=O. The second-order valence-electron chi connectivity index (χ2n) is 6.51. The molecule has 0 saturated carbocycles. The molecule has 0 fully saturated rings. The third kappa shape index (κ3) is 2.37. The molecule has 1 aromatic carbocycles. The molecule has 0 N–H and O–H groups in total. The fourth-order valence-electron chi connectivity index (χ4n) is 3.44. The number of halogens is 2. The zero-order chi connectivity index (χ0) is 20.3. The van der Waals surface area contributed by atoms with Gasteiger partial charge in [0.1, 0.15) is 17.2 Å². The van der Waals surface area contributed by atoms with E-state index in [9.17, 15) is 18.4 Å². The molecule has 0 atom stereocenters. The monoisotopic (exact) mass is 391 g/mol. The highest BCUT2D eigenvalue weighted by molar-refractivity contribution is 6.27. The number of amides is 2. The Bertz CT molecular complexity index is 1330. The van der Waals surface area contributed by atoms with E-state index >= 15 is 0 Å². The predicted molar refractivity (Wildman–Crippen MR) is 98.4 cm³/mol. The molecule has 4 aromatic rings.